The van der Waals surface area contributed by atoms with Gasteiger partial charge in [0.1, 0.15) is 6.08 Å². The summed E-state index contributed by atoms with van der Waals surface area (Å²) in [5, 5.41) is 9.82. The maximum Gasteiger partial charge on any atom is 0.306 e. The summed E-state index contributed by atoms with van der Waals surface area (Å²) < 4.78 is 20.2. The maximum absolute atomic E-state index is 10.9. The van der Waals surface area contributed by atoms with Crippen molar-refractivity contribution >= 4 is 5.97 Å². The van der Waals surface area contributed by atoms with Gasteiger partial charge in [0.05, 0.1) is 8.82 Å². The van der Waals surface area contributed by atoms with Crippen LogP contribution in [0.2, 0.25) is 0 Å². The van der Waals surface area contributed by atoms with Crippen LogP contribution in [0.4, 0.5) is 0 Å². The van der Waals surface area contributed by atoms with Gasteiger partial charge < -0.3 is 9.84 Å². The average molecular weight is 188 g/mol. The Labute approximate surface area is 81.9 Å². The van der Waals surface area contributed by atoms with Gasteiger partial charge in [-0.15, -0.1) is 0 Å². The predicted molar refractivity (Wildman–Crippen MR) is 49.3 cm³/mol. The first-order valence-electron chi connectivity index (χ1n) is 5.85. The summed E-state index contributed by atoms with van der Waals surface area (Å²) in [4.78, 5) is 10.9. The fourth-order valence-electron chi connectivity index (χ4n) is 1.34. The van der Waals surface area contributed by atoms with Crippen molar-refractivity contribution in [3.8, 4) is 0 Å². The van der Waals surface area contributed by atoms with Crippen molar-refractivity contribution in [1.29, 1.82) is 0 Å². The van der Waals surface area contributed by atoms with Crippen LogP contribution in [0.15, 0.2) is 0 Å². The number of hydrogen-bond donors (Lipinski definition) is 1. The lowest BCUT2D eigenvalue weighted by atomic mass is 10.0. The minimum Gasteiger partial charge on any atom is -0.460 e. The molecule has 0 unspecified atom stereocenters. The van der Waals surface area contributed by atoms with Crippen molar-refractivity contribution in [2.45, 2.75) is 57.6 Å². The Morgan fingerprint density at radius 2 is 2.62 bits per heavy atom. The standard InChI is InChI=1S/C10H18O3/c1-2-3-4-5-8(11)9-6-7-10(12)13-9/h8-9,11H,2-7H2,1H3/t8-,9-/m0/s1/i8D,9D. The van der Waals surface area contributed by atoms with Crippen LogP contribution in [-0.4, -0.2) is 23.2 Å². The number of aliphatic hydroxyl groups is 1. The molecule has 1 heterocycles. The van der Waals surface area contributed by atoms with Crippen LogP contribution >= 0.6 is 0 Å². The minimum atomic E-state index is -1.98. The highest BCUT2D eigenvalue weighted by molar-refractivity contribution is 5.71. The quantitative estimate of drug-likeness (QED) is 0.527. The number of rotatable bonds is 5. The molecule has 1 saturated heterocycles. The lowest BCUT2D eigenvalue weighted by Crippen LogP contribution is -2.25. The molecule has 0 amide bonds. The smallest absolute Gasteiger partial charge is 0.306 e. The van der Waals surface area contributed by atoms with Gasteiger partial charge in [-0.1, -0.05) is 26.2 Å². The van der Waals surface area contributed by atoms with E-state index in [0.717, 1.165) is 12.8 Å². The Morgan fingerprint density at radius 1 is 1.85 bits per heavy atom. The van der Waals surface area contributed by atoms with Crippen molar-refractivity contribution < 1.29 is 17.4 Å². The van der Waals surface area contributed by atoms with E-state index in [4.69, 9.17) is 7.48 Å². The molecule has 1 N–H and O–H groups in total. The average Bonchev–Trinajstić information content (AvgIpc) is 2.48. The molecule has 0 aromatic rings. The van der Waals surface area contributed by atoms with Crippen LogP contribution < -0.4 is 0 Å². The van der Waals surface area contributed by atoms with Gasteiger partial charge in [-0.25, -0.2) is 0 Å². The highest BCUT2D eigenvalue weighted by Gasteiger charge is 2.29. The molecule has 0 aliphatic carbocycles. The number of esters is 1. The van der Waals surface area contributed by atoms with Crippen LogP contribution in [0.25, 0.3) is 0 Å². The van der Waals surface area contributed by atoms with Gasteiger partial charge in [-0.3, -0.25) is 4.79 Å². The molecular formula is C10H18O3. The van der Waals surface area contributed by atoms with Crippen molar-refractivity contribution in [3.63, 3.8) is 0 Å². The topological polar surface area (TPSA) is 46.5 Å². The summed E-state index contributed by atoms with van der Waals surface area (Å²) in [5.74, 6) is -0.494. The number of unbranched alkanes of at least 4 members (excludes halogenated alkanes) is 2. The highest BCUT2D eigenvalue weighted by Crippen LogP contribution is 2.20. The molecular weight excluding hydrogens is 168 g/mol. The first-order valence-corrected chi connectivity index (χ1v) is 4.85. The Bertz CT molecular complexity index is 243. The Hall–Kier alpha value is -0.570. The molecule has 0 saturated carbocycles. The molecule has 0 radical (unpaired) electrons. The van der Waals surface area contributed by atoms with E-state index in [1.54, 1.807) is 0 Å². The van der Waals surface area contributed by atoms with Gasteiger partial charge in [0, 0.05) is 6.42 Å². The second-order valence-electron chi connectivity index (χ2n) is 3.30. The molecule has 13 heavy (non-hydrogen) atoms. The zero-order valence-electron chi connectivity index (χ0n) is 10.0. The van der Waals surface area contributed by atoms with E-state index in [2.05, 4.69) is 0 Å². The normalized spacial score (nSPS) is 34.8. The second kappa shape index (κ2) is 5.22. The molecule has 1 aliphatic heterocycles. The first-order chi connectivity index (χ1) is 6.91. The molecule has 1 rings (SSSR count). The largest absolute Gasteiger partial charge is 0.460 e. The molecule has 0 aromatic heterocycles. The maximum atomic E-state index is 10.9. The van der Waals surface area contributed by atoms with Crippen molar-refractivity contribution in [2.75, 3.05) is 0 Å². The van der Waals surface area contributed by atoms with Gasteiger partial charge in [0.25, 0.3) is 0 Å². The fourth-order valence-corrected chi connectivity index (χ4v) is 1.34. The Kier molecular flexibility index (Phi) is 3.13. The fraction of sp³-hybridized carbons (Fsp3) is 0.900. The summed E-state index contributed by atoms with van der Waals surface area (Å²) >= 11 is 0. The van der Waals surface area contributed by atoms with Gasteiger partial charge in [0.15, 0.2) is 0 Å². The van der Waals surface area contributed by atoms with E-state index in [1.165, 1.54) is 0 Å². The third-order valence-corrected chi connectivity index (χ3v) is 2.13. The lowest BCUT2D eigenvalue weighted by Gasteiger charge is -2.16. The SMILES string of the molecule is [2H][C@](O)(CCCCC)[C@]1([2H])CCC(=O)O1. The van der Waals surface area contributed by atoms with Crippen LogP contribution in [0.1, 0.15) is 48.2 Å². The van der Waals surface area contributed by atoms with Crippen LogP contribution in [0.5, 0.6) is 0 Å². The summed E-state index contributed by atoms with van der Waals surface area (Å²) in [6.07, 6.45) is -0.763. The van der Waals surface area contributed by atoms with Crippen molar-refractivity contribution in [3.05, 3.63) is 0 Å². The van der Waals surface area contributed by atoms with E-state index >= 15 is 0 Å². The Balaban J connectivity index is 2.55. The van der Waals surface area contributed by atoms with Crippen LogP contribution in [0, 0.1) is 0 Å². The summed E-state index contributed by atoms with van der Waals surface area (Å²) in [5.41, 5.74) is 0. The van der Waals surface area contributed by atoms with Crippen LogP contribution in [0.3, 0.4) is 0 Å². The molecule has 1 fully saturated rings. The monoisotopic (exact) mass is 188 g/mol. The molecule has 0 aromatic carbocycles. The number of cyclic esters (lactones) is 1. The lowest BCUT2D eigenvalue weighted by molar-refractivity contribution is -0.145. The van der Waals surface area contributed by atoms with Crippen molar-refractivity contribution in [1.82, 2.24) is 0 Å². The highest BCUT2D eigenvalue weighted by atomic mass is 16.6. The van der Waals surface area contributed by atoms with Gasteiger partial charge >= 0.3 is 5.97 Å². The predicted octanol–water partition coefficient (Wildman–Crippen LogP) is 1.63. The molecule has 0 bridgehead atoms. The third kappa shape index (κ3) is 3.35. The third-order valence-electron chi connectivity index (χ3n) is 2.13. The zero-order chi connectivity index (χ0) is 11.5. The summed E-state index contributed by atoms with van der Waals surface area (Å²) in [6, 6.07) is 0. The summed E-state index contributed by atoms with van der Waals surface area (Å²) in [6.45, 7) is 2.02. The molecule has 2 atom stereocenters. The van der Waals surface area contributed by atoms with Crippen molar-refractivity contribution in [2.24, 2.45) is 0 Å². The van der Waals surface area contributed by atoms with Gasteiger partial charge in [-0.2, -0.15) is 0 Å². The number of carbonyl (C=O) groups is 1. The van der Waals surface area contributed by atoms with E-state index in [-0.39, 0.29) is 19.3 Å². The van der Waals surface area contributed by atoms with E-state index in [0.29, 0.717) is 6.42 Å². The molecule has 76 valence electrons. The minimum absolute atomic E-state index is 0.109. The molecule has 0 spiro atoms. The molecule has 3 heteroatoms. The zero-order valence-corrected chi connectivity index (χ0v) is 8.01. The van der Waals surface area contributed by atoms with E-state index < -0.39 is 18.1 Å². The van der Waals surface area contributed by atoms with Gasteiger partial charge in [0.2, 0.25) is 0 Å². The number of ether oxygens (including phenoxy) is 1. The van der Waals surface area contributed by atoms with E-state index in [1.807, 2.05) is 6.92 Å². The van der Waals surface area contributed by atoms with Crippen LogP contribution in [-0.2, 0) is 9.53 Å². The number of carbonyl (C=O) groups excluding carboxylic acids is 1. The van der Waals surface area contributed by atoms with Gasteiger partial charge in [-0.05, 0) is 12.8 Å². The Morgan fingerprint density at radius 3 is 3.15 bits per heavy atom. The summed E-state index contributed by atoms with van der Waals surface area (Å²) in [7, 11) is 0. The molecule has 1 aliphatic rings. The van der Waals surface area contributed by atoms with E-state index in [9.17, 15) is 9.90 Å². The second-order valence-corrected chi connectivity index (χ2v) is 3.30. The number of hydrogen-bond acceptors (Lipinski definition) is 3. The molecule has 3 nitrogen and oxygen atoms in total. The first kappa shape index (κ1) is 7.80.